The van der Waals surface area contributed by atoms with E-state index in [1.165, 1.54) is 6.07 Å². The third-order valence-corrected chi connectivity index (χ3v) is 4.44. The topological polar surface area (TPSA) is 29.3 Å². The van der Waals surface area contributed by atoms with Crippen LogP contribution < -0.4 is 5.73 Å². The molecule has 0 radical (unpaired) electrons. The molecule has 0 aliphatic rings. The lowest BCUT2D eigenvalue weighted by Gasteiger charge is -2.28. The zero-order valence-electron chi connectivity index (χ0n) is 11.7. The summed E-state index contributed by atoms with van der Waals surface area (Å²) in [4.78, 5) is 2.06. The molecule has 0 saturated carbocycles. The van der Waals surface area contributed by atoms with Gasteiger partial charge in [-0.15, -0.1) is 0 Å². The van der Waals surface area contributed by atoms with E-state index in [9.17, 15) is 4.39 Å². The van der Waals surface area contributed by atoms with Gasteiger partial charge in [-0.05, 0) is 42.9 Å². The largest absolute Gasteiger partial charge is 0.329 e. The van der Waals surface area contributed by atoms with Crippen molar-refractivity contribution in [3.05, 3.63) is 68.4 Å². The summed E-state index contributed by atoms with van der Waals surface area (Å²) < 4.78 is 15.9. The third-order valence-electron chi connectivity index (χ3n) is 3.42. The number of hydrogen-bond acceptors (Lipinski definition) is 2. The van der Waals surface area contributed by atoms with E-state index in [0.717, 1.165) is 14.5 Å². The van der Waals surface area contributed by atoms with Gasteiger partial charge in [-0.1, -0.05) is 44.0 Å². The van der Waals surface area contributed by atoms with Crippen LogP contribution in [0.15, 0.2) is 51.4 Å². The molecule has 2 aromatic carbocycles. The summed E-state index contributed by atoms with van der Waals surface area (Å²) >= 11 is 6.81. The van der Waals surface area contributed by atoms with Crippen molar-refractivity contribution in [2.75, 3.05) is 13.6 Å². The number of nitrogens with zero attached hydrogens (tertiary/aromatic N) is 1. The van der Waals surface area contributed by atoms with Crippen molar-refractivity contribution in [3.8, 4) is 0 Å². The maximum atomic E-state index is 14.0. The first-order valence-corrected chi connectivity index (χ1v) is 8.19. The Hall–Kier alpha value is -0.750. The van der Waals surface area contributed by atoms with Gasteiger partial charge in [-0.3, -0.25) is 4.90 Å². The molecule has 0 aromatic heterocycles. The second-order valence-corrected chi connectivity index (χ2v) is 6.79. The molecule has 0 heterocycles. The third kappa shape index (κ3) is 4.36. The van der Waals surface area contributed by atoms with E-state index < -0.39 is 0 Å². The van der Waals surface area contributed by atoms with Gasteiger partial charge in [0.2, 0.25) is 0 Å². The first kappa shape index (κ1) is 16.6. The molecule has 2 N–H and O–H groups in total. The minimum Gasteiger partial charge on any atom is -0.329 e. The first-order chi connectivity index (χ1) is 10.0. The highest BCUT2D eigenvalue weighted by Gasteiger charge is 2.19. The molecule has 0 spiro atoms. The van der Waals surface area contributed by atoms with Crippen LogP contribution in [0.3, 0.4) is 0 Å². The van der Waals surface area contributed by atoms with Gasteiger partial charge in [0.05, 0.1) is 0 Å². The predicted molar refractivity (Wildman–Crippen MR) is 91.5 cm³/mol. The van der Waals surface area contributed by atoms with Crippen LogP contribution in [-0.2, 0) is 6.54 Å². The molecule has 2 nitrogen and oxygen atoms in total. The van der Waals surface area contributed by atoms with Crippen molar-refractivity contribution in [3.63, 3.8) is 0 Å². The van der Waals surface area contributed by atoms with Gasteiger partial charge in [0, 0.05) is 33.6 Å². The molecule has 1 atom stereocenters. The lowest BCUT2D eigenvalue weighted by Crippen LogP contribution is -2.30. The molecule has 2 rings (SSSR count). The van der Waals surface area contributed by atoms with Crippen LogP contribution in [0, 0.1) is 5.82 Å². The van der Waals surface area contributed by atoms with Crippen molar-refractivity contribution in [1.29, 1.82) is 0 Å². The van der Waals surface area contributed by atoms with Crippen molar-refractivity contribution in [1.82, 2.24) is 4.90 Å². The van der Waals surface area contributed by atoms with Crippen LogP contribution in [0.4, 0.5) is 4.39 Å². The predicted octanol–water partition coefficient (Wildman–Crippen LogP) is 4.48. The molecular formula is C16H17Br2FN2. The Kier molecular flexibility index (Phi) is 5.93. The molecule has 0 amide bonds. The van der Waals surface area contributed by atoms with Gasteiger partial charge in [-0.2, -0.15) is 0 Å². The molecule has 0 aliphatic heterocycles. The summed E-state index contributed by atoms with van der Waals surface area (Å²) in [5.74, 6) is -0.226. The van der Waals surface area contributed by atoms with Crippen molar-refractivity contribution >= 4 is 31.9 Å². The summed E-state index contributed by atoms with van der Waals surface area (Å²) in [7, 11) is 1.96. The molecule has 5 heteroatoms. The van der Waals surface area contributed by atoms with E-state index in [1.54, 1.807) is 12.1 Å². The smallest absolute Gasteiger partial charge is 0.128 e. The Morgan fingerprint density at radius 3 is 2.33 bits per heavy atom. The highest BCUT2D eigenvalue weighted by molar-refractivity contribution is 9.10. The van der Waals surface area contributed by atoms with Gasteiger partial charge in [0.15, 0.2) is 0 Å². The number of halogens is 3. The Morgan fingerprint density at radius 1 is 1.10 bits per heavy atom. The van der Waals surface area contributed by atoms with Gasteiger partial charge in [0.1, 0.15) is 5.82 Å². The first-order valence-electron chi connectivity index (χ1n) is 6.61. The maximum Gasteiger partial charge on any atom is 0.128 e. The van der Waals surface area contributed by atoms with Crippen LogP contribution in [0.1, 0.15) is 17.2 Å². The Balaban J connectivity index is 2.20. The summed E-state index contributed by atoms with van der Waals surface area (Å²) in [5.41, 5.74) is 7.65. The molecule has 0 aliphatic carbocycles. The van der Waals surface area contributed by atoms with Crippen molar-refractivity contribution in [2.45, 2.75) is 12.6 Å². The minimum absolute atomic E-state index is 0.161. The average molecular weight is 416 g/mol. The number of likely N-dealkylation sites (N-methyl/N-ethyl adjacent to an activating group) is 1. The SMILES string of the molecule is CN(Cc1ccc(Br)cc1)C(CN)c1cc(Br)ccc1F. The summed E-state index contributed by atoms with van der Waals surface area (Å²) in [6, 6.07) is 12.9. The van der Waals surface area contributed by atoms with E-state index in [1.807, 2.05) is 31.3 Å². The second-order valence-electron chi connectivity index (χ2n) is 4.96. The highest BCUT2D eigenvalue weighted by atomic mass is 79.9. The van der Waals surface area contributed by atoms with Gasteiger partial charge in [-0.25, -0.2) is 4.39 Å². The number of nitrogens with two attached hydrogens (primary N) is 1. The molecule has 2 aromatic rings. The standard InChI is InChI=1S/C16H17Br2FN2/c1-21(10-11-2-4-12(17)5-3-11)16(9-20)14-8-13(18)6-7-15(14)19/h2-8,16H,9-10,20H2,1H3. The van der Waals surface area contributed by atoms with Crippen molar-refractivity contribution in [2.24, 2.45) is 5.73 Å². The monoisotopic (exact) mass is 414 g/mol. The molecule has 0 bridgehead atoms. The van der Waals surface area contributed by atoms with Crippen LogP contribution in [0.5, 0.6) is 0 Å². The lowest BCUT2D eigenvalue weighted by atomic mass is 10.0. The zero-order valence-corrected chi connectivity index (χ0v) is 14.9. The highest BCUT2D eigenvalue weighted by Crippen LogP contribution is 2.26. The van der Waals surface area contributed by atoms with Crippen LogP contribution in [-0.4, -0.2) is 18.5 Å². The second kappa shape index (κ2) is 7.49. The molecule has 0 fully saturated rings. The minimum atomic E-state index is -0.226. The lowest BCUT2D eigenvalue weighted by molar-refractivity contribution is 0.236. The van der Waals surface area contributed by atoms with Crippen LogP contribution in [0.25, 0.3) is 0 Å². The van der Waals surface area contributed by atoms with Gasteiger partial charge < -0.3 is 5.73 Å². The summed E-state index contributed by atoms with van der Waals surface area (Å²) in [5, 5.41) is 0. The van der Waals surface area contributed by atoms with E-state index in [4.69, 9.17) is 5.73 Å². The molecule has 21 heavy (non-hydrogen) atoms. The Morgan fingerprint density at radius 2 is 1.71 bits per heavy atom. The maximum absolute atomic E-state index is 14.0. The summed E-state index contributed by atoms with van der Waals surface area (Å²) in [6.07, 6.45) is 0. The zero-order chi connectivity index (χ0) is 15.4. The number of benzene rings is 2. The fourth-order valence-electron chi connectivity index (χ4n) is 2.30. The fraction of sp³-hybridized carbons (Fsp3) is 0.250. The van der Waals surface area contributed by atoms with Crippen molar-refractivity contribution < 1.29 is 4.39 Å². The summed E-state index contributed by atoms with van der Waals surface area (Å²) in [6.45, 7) is 1.07. The van der Waals surface area contributed by atoms with Crippen LogP contribution in [0.2, 0.25) is 0 Å². The normalized spacial score (nSPS) is 12.7. The van der Waals surface area contributed by atoms with E-state index in [2.05, 4.69) is 36.8 Å². The van der Waals surface area contributed by atoms with E-state index in [-0.39, 0.29) is 11.9 Å². The quantitative estimate of drug-likeness (QED) is 0.779. The molecule has 0 saturated heterocycles. The Labute approximate surface area is 141 Å². The van der Waals surface area contributed by atoms with E-state index >= 15 is 0 Å². The van der Waals surface area contributed by atoms with Gasteiger partial charge in [0.25, 0.3) is 0 Å². The number of rotatable bonds is 5. The molecule has 112 valence electrons. The average Bonchev–Trinajstić information content (AvgIpc) is 2.46. The Bertz CT molecular complexity index is 602. The fourth-order valence-corrected chi connectivity index (χ4v) is 2.95. The molecular weight excluding hydrogens is 399 g/mol. The van der Waals surface area contributed by atoms with Crippen LogP contribution >= 0.6 is 31.9 Å². The molecule has 1 unspecified atom stereocenters. The van der Waals surface area contributed by atoms with E-state index in [0.29, 0.717) is 18.7 Å². The number of hydrogen-bond donors (Lipinski definition) is 1. The van der Waals surface area contributed by atoms with Gasteiger partial charge >= 0.3 is 0 Å².